The Labute approximate surface area is 318 Å². The number of rotatable bonds is 15. The summed E-state index contributed by atoms with van der Waals surface area (Å²) in [6.07, 6.45) is -1.51. The molecule has 6 atom stereocenters. The summed E-state index contributed by atoms with van der Waals surface area (Å²) in [4.78, 5) is 16.6. The van der Waals surface area contributed by atoms with E-state index >= 15 is 0 Å². The highest BCUT2D eigenvalue weighted by Crippen LogP contribution is 2.44. The van der Waals surface area contributed by atoms with Crippen molar-refractivity contribution >= 4 is 22.8 Å². The third kappa shape index (κ3) is 8.62. The second-order valence-electron chi connectivity index (χ2n) is 13.2. The van der Waals surface area contributed by atoms with Crippen molar-refractivity contribution in [2.24, 2.45) is 5.11 Å². The highest BCUT2D eigenvalue weighted by atomic mass is 35.5. The Hall–Kier alpha value is -5.17. The Morgan fingerprint density at radius 1 is 0.722 bits per heavy atom. The molecule has 54 heavy (non-hydrogen) atoms. The minimum atomic E-state index is -1.49. The quantitative estimate of drug-likeness (QED) is 0.0442. The molecular formula is C41H40ClN7O5. The number of nitrogens with zero attached hydrogens (tertiary/aromatic N) is 7. The van der Waals surface area contributed by atoms with Gasteiger partial charge in [0.2, 0.25) is 0 Å². The first-order valence-corrected chi connectivity index (χ1v) is 18.0. The van der Waals surface area contributed by atoms with Crippen molar-refractivity contribution in [3.63, 3.8) is 0 Å². The fourth-order valence-electron chi connectivity index (χ4n) is 6.73. The number of fused-ring (bicyclic) bond motifs is 1. The molecule has 7 rings (SSSR count). The van der Waals surface area contributed by atoms with E-state index in [4.69, 9.17) is 35.3 Å². The average Bonchev–Trinajstić information content (AvgIpc) is 3.61. The van der Waals surface area contributed by atoms with Crippen LogP contribution in [-0.2, 0) is 50.1 Å². The Kier molecular flexibility index (Phi) is 12.2. The lowest BCUT2D eigenvalue weighted by atomic mass is 9.87. The summed E-state index contributed by atoms with van der Waals surface area (Å²) in [6.45, 7) is 2.84. The van der Waals surface area contributed by atoms with E-state index in [1.165, 1.54) is 6.33 Å². The lowest BCUT2D eigenvalue weighted by Crippen LogP contribution is -2.55. The molecule has 2 aromatic heterocycles. The van der Waals surface area contributed by atoms with Crippen molar-refractivity contribution in [2.45, 2.75) is 69.5 Å². The maximum absolute atomic E-state index is 10.3. The molecule has 1 aliphatic rings. The van der Waals surface area contributed by atoms with Crippen LogP contribution in [0, 0.1) is 0 Å². The van der Waals surface area contributed by atoms with Crippen LogP contribution in [0.4, 0.5) is 0 Å². The molecule has 0 spiro atoms. The third-order valence-electron chi connectivity index (χ3n) is 9.43. The van der Waals surface area contributed by atoms with E-state index < -0.39 is 36.2 Å². The van der Waals surface area contributed by atoms with Crippen molar-refractivity contribution in [3.05, 3.63) is 172 Å². The van der Waals surface area contributed by atoms with Gasteiger partial charge >= 0.3 is 0 Å². The van der Waals surface area contributed by atoms with Crippen LogP contribution in [0.15, 0.2) is 139 Å². The van der Waals surface area contributed by atoms with Gasteiger partial charge in [-0.2, -0.15) is 0 Å². The monoisotopic (exact) mass is 745 g/mol. The number of halogens is 1. The number of azide groups is 1. The minimum absolute atomic E-state index is 0.0934. The smallest absolute Gasteiger partial charge is 0.166 e. The van der Waals surface area contributed by atoms with Crippen LogP contribution in [0.2, 0.25) is 5.15 Å². The van der Waals surface area contributed by atoms with Gasteiger partial charge in [-0.3, -0.25) is 4.57 Å². The average molecular weight is 746 g/mol. The van der Waals surface area contributed by atoms with Crippen molar-refractivity contribution in [2.75, 3.05) is 6.61 Å². The first kappa shape index (κ1) is 37.2. The zero-order chi connectivity index (χ0) is 37.2. The molecule has 0 radical (unpaired) electrons. The molecular weight excluding hydrogens is 706 g/mol. The fourth-order valence-corrected chi connectivity index (χ4v) is 6.90. The van der Waals surface area contributed by atoms with Crippen LogP contribution < -0.4 is 0 Å². The molecule has 0 bridgehead atoms. The van der Waals surface area contributed by atoms with E-state index in [0.29, 0.717) is 17.8 Å². The predicted octanol–water partition coefficient (Wildman–Crippen LogP) is 8.42. The lowest BCUT2D eigenvalue weighted by molar-refractivity contribution is -0.184. The lowest BCUT2D eigenvalue weighted by Gasteiger charge is -2.41. The summed E-state index contributed by atoms with van der Waals surface area (Å²) in [6, 6.07) is 39.4. The molecule has 0 unspecified atom stereocenters. The summed E-state index contributed by atoms with van der Waals surface area (Å²) >= 11 is 6.49. The highest BCUT2D eigenvalue weighted by Gasteiger charge is 2.56. The van der Waals surface area contributed by atoms with Crippen LogP contribution >= 0.6 is 11.6 Å². The summed E-state index contributed by atoms with van der Waals surface area (Å²) in [5.41, 5.74) is 13.3. The van der Waals surface area contributed by atoms with Crippen molar-refractivity contribution in [1.29, 1.82) is 0 Å². The topological polar surface area (TPSA) is 139 Å². The van der Waals surface area contributed by atoms with Gasteiger partial charge in [0.15, 0.2) is 17.0 Å². The van der Waals surface area contributed by atoms with Gasteiger partial charge in [-0.15, -0.1) is 0 Å². The molecule has 1 saturated heterocycles. The number of imidazole rings is 1. The summed E-state index contributed by atoms with van der Waals surface area (Å²) in [7, 11) is 0. The van der Waals surface area contributed by atoms with Gasteiger partial charge in [-0.05, 0) is 34.7 Å². The van der Waals surface area contributed by atoms with Gasteiger partial charge < -0.3 is 23.7 Å². The molecule has 1 aliphatic heterocycles. The molecule has 4 aromatic carbocycles. The van der Waals surface area contributed by atoms with Crippen molar-refractivity contribution in [3.8, 4) is 0 Å². The van der Waals surface area contributed by atoms with Gasteiger partial charge in [-0.25, -0.2) is 15.0 Å². The van der Waals surface area contributed by atoms with Crippen molar-refractivity contribution < 1.29 is 23.7 Å². The standard InChI is InChI=1S/C41H40ClN7O5/c1-41(47-48-43)37(53-25-32-20-12-5-13-21-32)36(52-24-31-18-10-4-11-19-31)35(51-23-30-16-8-3-9-17-30)33(26-50-22-29-14-6-2-7-15-29)54-40(41)49-28-46-34-38(42)44-27-45-39(34)49/h2-21,27-28,33,35-37,40H,22-26H2,1H3/t33-,35-,36+,37-,40-,41-/m1/s1. The molecule has 13 heteroatoms. The number of ether oxygens (including phenoxy) is 5. The van der Waals surface area contributed by atoms with E-state index in [1.54, 1.807) is 17.8 Å². The zero-order valence-corrected chi connectivity index (χ0v) is 30.4. The maximum Gasteiger partial charge on any atom is 0.166 e. The Morgan fingerprint density at radius 2 is 1.24 bits per heavy atom. The fraction of sp³-hybridized carbons (Fsp3) is 0.293. The highest BCUT2D eigenvalue weighted by molar-refractivity contribution is 6.33. The van der Waals surface area contributed by atoms with Crippen molar-refractivity contribution in [1.82, 2.24) is 19.5 Å². The zero-order valence-electron chi connectivity index (χ0n) is 29.7. The largest absolute Gasteiger partial charge is 0.374 e. The number of hydrogen-bond acceptors (Lipinski definition) is 9. The number of benzene rings is 4. The van der Waals surface area contributed by atoms with E-state index in [-0.39, 0.29) is 31.6 Å². The van der Waals surface area contributed by atoms with Crippen LogP contribution in [0.5, 0.6) is 0 Å². The first-order valence-electron chi connectivity index (χ1n) is 17.7. The molecule has 1 fully saturated rings. The summed E-state index contributed by atoms with van der Waals surface area (Å²) in [5, 5.41) is 4.66. The predicted molar refractivity (Wildman–Crippen MR) is 203 cm³/mol. The van der Waals surface area contributed by atoms with Crippen LogP contribution in [0.3, 0.4) is 0 Å². The molecule has 0 N–H and O–H groups in total. The second-order valence-corrected chi connectivity index (χ2v) is 13.5. The molecule has 0 aliphatic carbocycles. The Bertz CT molecular complexity index is 2120. The summed E-state index contributed by atoms with van der Waals surface area (Å²) in [5.74, 6) is 0. The Morgan fingerprint density at radius 3 is 1.80 bits per heavy atom. The van der Waals surface area contributed by atoms with Gasteiger partial charge in [0, 0.05) is 4.91 Å². The summed E-state index contributed by atoms with van der Waals surface area (Å²) < 4.78 is 35.9. The molecule has 6 aromatic rings. The molecule has 276 valence electrons. The van der Waals surface area contributed by atoms with E-state index in [0.717, 1.165) is 22.3 Å². The van der Waals surface area contributed by atoms with Crippen LogP contribution in [0.25, 0.3) is 21.6 Å². The van der Waals surface area contributed by atoms with Gasteiger partial charge in [0.25, 0.3) is 0 Å². The van der Waals surface area contributed by atoms with Gasteiger partial charge in [-0.1, -0.05) is 138 Å². The van der Waals surface area contributed by atoms with E-state index in [1.807, 2.05) is 121 Å². The number of aromatic nitrogens is 4. The molecule has 3 heterocycles. The molecule has 0 saturated carbocycles. The number of hydrogen-bond donors (Lipinski definition) is 0. The van der Waals surface area contributed by atoms with Gasteiger partial charge in [0.1, 0.15) is 41.8 Å². The molecule has 12 nitrogen and oxygen atoms in total. The second kappa shape index (κ2) is 17.8. The van der Waals surface area contributed by atoms with E-state index in [2.05, 4.69) is 25.0 Å². The van der Waals surface area contributed by atoms with Crippen LogP contribution in [0.1, 0.15) is 35.4 Å². The normalized spacial score (nSPS) is 22.7. The van der Waals surface area contributed by atoms with Gasteiger partial charge in [0.05, 0.1) is 39.4 Å². The van der Waals surface area contributed by atoms with E-state index in [9.17, 15) is 5.53 Å². The molecule has 0 amide bonds. The van der Waals surface area contributed by atoms with Crippen LogP contribution in [-0.4, -0.2) is 56.1 Å². The maximum atomic E-state index is 10.3. The minimum Gasteiger partial charge on any atom is -0.374 e. The Balaban J connectivity index is 1.37. The first-order chi connectivity index (χ1) is 26.5. The third-order valence-corrected chi connectivity index (χ3v) is 9.71. The SMILES string of the molecule is C[C@@]1(N=[N+]=[N-])[C@H](OCc2ccccc2)[C@@H](OCc2ccccc2)[C@H](OCc2ccccc2)[C@@H](COCc2ccccc2)O[C@H]1n1cnc2c(Cl)ncnc21.